The highest BCUT2D eigenvalue weighted by molar-refractivity contribution is 6.29. The fourth-order valence-electron chi connectivity index (χ4n) is 3.80. The number of carbonyl (C=O) groups is 2. The van der Waals surface area contributed by atoms with Crippen LogP contribution in [-0.2, 0) is 0 Å². The van der Waals surface area contributed by atoms with Gasteiger partial charge in [0, 0.05) is 11.1 Å². The van der Waals surface area contributed by atoms with Crippen LogP contribution in [-0.4, -0.2) is 24.8 Å². The molecule has 0 unspecified atom stereocenters. The van der Waals surface area contributed by atoms with Crippen molar-refractivity contribution in [2.45, 2.75) is 37.7 Å². The van der Waals surface area contributed by atoms with Gasteiger partial charge in [0.25, 0.3) is 0 Å². The first-order chi connectivity index (χ1) is 12.2. The number of ketones is 2. The number of Topliss-reactive ketones (excluding diaryl/α,β-unsaturated/α-hetero) is 2. The normalized spacial score (nSPS) is 17.8. The van der Waals surface area contributed by atoms with E-state index in [1.807, 2.05) is 0 Å². The van der Waals surface area contributed by atoms with Crippen LogP contribution in [0.5, 0.6) is 11.5 Å². The molecule has 0 spiro atoms. The van der Waals surface area contributed by atoms with Crippen molar-refractivity contribution >= 4 is 11.6 Å². The van der Waals surface area contributed by atoms with Crippen molar-refractivity contribution in [3.05, 3.63) is 59.2 Å². The number of methoxy groups -OCH3 is 1. The Hall–Kier alpha value is -2.62. The highest BCUT2D eigenvalue weighted by atomic mass is 16.5. The Kier molecular flexibility index (Phi) is 4.04. The fraction of sp³-hybridized carbons (Fsp3) is 0.333. The Labute approximate surface area is 146 Å². The average Bonchev–Trinajstić information content (AvgIpc) is 3.23. The van der Waals surface area contributed by atoms with Gasteiger partial charge in [-0.2, -0.15) is 0 Å². The van der Waals surface area contributed by atoms with Crippen LogP contribution < -0.4 is 9.47 Å². The van der Waals surface area contributed by atoms with E-state index < -0.39 is 5.92 Å². The maximum atomic E-state index is 12.7. The van der Waals surface area contributed by atoms with Gasteiger partial charge in [0.2, 0.25) is 0 Å². The van der Waals surface area contributed by atoms with Gasteiger partial charge in [-0.05, 0) is 43.4 Å². The van der Waals surface area contributed by atoms with E-state index in [2.05, 4.69) is 0 Å². The zero-order chi connectivity index (χ0) is 17.4. The van der Waals surface area contributed by atoms with Crippen molar-refractivity contribution in [1.82, 2.24) is 0 Å². The van der Waals surface area contributed by atoms with Crippen molar-refractivity contribution in [3.8, 4) is 11.5 Å². The van der Waals surface area contributed by atoms with E-state index in [4.69, 9.17) is 9.47 Å². The third-order valence-electron chi connectivity index (χ3n) is 5.10. The van der Waals surface area contributed by atoms with Crippen LogP contribution >= 0.6 is 0 Å². The second-order valence-electron chi connectivity index (χ2n) is 6.64. The van der Waals surface area contributed by atoms with E-state index >= 15 is 0 Å². The number of hydrogen-bond acceptors (Lipinski definition) is 4. The summed E-state index contributed by atoms with van der Waals surface area (Å²) in [5.74, 6) is 0.180. The molecule has 0 aromatic heterocycles. The van der Waals surface area contributed by atoms with E-state index in [0.717, 1.165) is 12.8 Å². The standard InChI is InChI=1S/C21H20O4/c1-24-17-11-10-13(12-18(17)25-14-6-2-3-7-14)19-20(22)15-8-4-5-9-16(15)21(19)23/h4-5,8-12,14,19H,2-3,6-7H2,1H3. The molecule has 0 N–H and O–H groups in total. The van der Waals surface area contributed by atoms with Crippen LogP contribution in [0.4, 0.5) is 0 Å². The number of benzene rings is 2. The summed E-state index contributed by atoms with van der Waals surface area (Å²) in [6.07, 6.45) is 4.57. The lowest BCUT2D eigenvalue weighted by Crippen LogP contribution is -2.15. The van der Waals surface area contributed by atoms with Gasteiger partial charge >= 0.3 is 0 Å². The first-order valence-corrected chi connectivity index (χ1v) is 8.71. The lowest BCUT2D eigenvalue weighted by atomic mass is 9.94. The molecular formula is C21H20O4. The summed E-state index contributed by atoms with van der Waals surface area (Å²) in [6, 6.07) is 12.4. The zero-order valence-electron chi connectivity index (χ0n) is 14.2. The first kappa shape index (κ1) is 15.9. The van der Waals surface area contributed by atoms with Crippen molar-refractivity contribution in [3.63, 3.8) is 0 Å². The minimum absolute atomic E-state index is 0.141. The summed E-state index contributed by atoms with van der Waals surface area (Å²) >= 11 is 0. The topological polar surface area (TPSA) is 52.6 Å². The smallest absolute Gasteiger partial charge is 0.178 e. The Morgan fingerprint density at radius 3 is 2.12 bits per heavy atom. The molecule has 2 aliphatic carbocycles. The summed E-state index contributed by atoms with van der Waals surface area (Å²) in [7, 11) is 1.60. The van der Waals surface area contributed by atoms with Gasteiger partial charge in [-0.1, -0.05) is 30.3 Å². The molecule has 2 aliphatic rings. The molecule has 2 aromatic rings. The molecule has 0 bridgehead atoms. The Bertz CT molecular complexity index is 799. The van der Waals surface area contributed by atoms with Gasteiger partial charge in [-0.15, -0.1) is 0 Å². The molecule has 4 heteroatoms. The minimum Gasteiger partial charge on any atom is -0.493 e. The van der Waals surface area contributed by atoms with E-state index in [1.54, 1.807) is 49.6 Å². The predicted octanol–water partition coefficient (Wildman–Crippen LogP) is 4.18. The van der Waals surface area contributed by atoms with E-state index in [9.17, 15) is 9.59 Å². The monoisotopic (exact) mass is 336 g/mol. The number of ether oxygens (including phenoxy) is 2. The summed E-state index contributed by atoms with van der Waals surface area (Å²) in [6.45, 7) is 0. The third-order valence-corrected chi connectivity index (χ3v) is 5.10. The van der Waals surface area contributed by atoms with Crippen LogP contribution in [0.2, 0.25) is 0 Å². The summed E-state index contributed by atoms with van der Waals surface area (Å²) < 4.78 is 11.5. The molecule has 0 amide bonds. The highest BCUT2D eigenvalue weighted by Gasteiger charge is 2.39. The van der Waals surface area contributed by atoms with Crippen LogP contribution in [0.25, 0.3) is 0 Å². The molecular weight excluding hydrogens is 316 g/mol. The van der Waals surface area contributed by atoms with Crippen molar-refractivity contribution in [2.24, 2.45) is 0 Å². The average molecular weight is 336 g/mol. The maximum Gasteiger partial charge on any atom is 0.178 e. The summed E-state index contributed by atoms with van der Waals surface area (Å²) in [5.41, 5.74) is 1.68. The molecule has 1 fully saturated rings. The van der Waals surface area contributed by atoms with Gasteiger partial charge in [0.1, 0.15) is 5.92 Å². The van der Waals surface area contributed by atoms with Crippen molar-refractivity contribution in [2.75, 3.05) is 7.11 Å². The molecule has 0 saturated heterocycles. The van der Waals surface area contributed by atoms with Gasteiger partial charge in [0.15, 0.2) is 23.1 Å². The largest absolute Gasteiger partial charge is 0.493 e. The van der Waals surface area contributed by atoms with Crippen LogP contribution in [0.1, 0.15) is 57.9 Å². The van der Waals surface area contributed by atoms with Gasteiger partial charge in [-0.3, -0.25) is 9.59 Å². The van der Waals surface area contributed by atoms with Crippen LogP contribution in [0, 0.1) is 0 Å². The lowest BCUT2D eigenvalue weighted by molar-refractivity contribution is 0.0890. The number of fused-ring (bicyclic) bond motifs is 1. The molecule has 1 saturated carbocycles. The highest BCUT2D eigenvalue weighted by Crippen LogP contribution is 2.39. The number of hydrogen-bond donors (Lipinski definition) is 0. The Morgan fingerprint density at radius 1 is 0.880 bits per heavy atom. The maximum absolute atomic E-state index is 12.7. The summed E-state index contributed by atoms with van der Waals surface area (Å²) in [5, 5.41) is 0. The van der Waals surface area contributed by atoms with Crippen molar-refractivity contribution in [1.29, 1.82) is 0 Å². The van der Waals surface area contributed by atoms with Gasteiger partial charge < -0.3 is 9.47 Å². The Balaban J connectivity index is 1.69. The van der Waals surface area contributed by atoms with Crippen LogP contribution in [0.15, 0.2) is 42.5 Å². The SMILES string of the molecule is COc1ccc(C2C(=O)c3ccccc3C2=O)cc1OC1CCCC1. The van der Waals surface area contributed by atoms with Gasteiger partial charge in [0.05, 0.1) is 13.2 Å². The van der Waals surface area contributed by atoms with Crippen molar-refractivity contribution < 1.29 is 19.1 Å². The minimum atomic E-state index is -0.783. The molecule has 0 aliphatic heterocycles. The van der Waals surface area contributed by atoms with E-state index in [-0.39, 0.29) is 17.7 Å². The molecule has 25 heavy (non-hydrogen) atoms. The fourth-order valence-corrected chi connectivity index (χ4v) is 3.80. The van der Waals surface area contributed by atoms with Gasteiger partial charge in [-0.25, -0.2) is 0 Å². The number of rotatable bonds is 4. The molecule has 128 valence electrons. The lowest BCUT2D eigenvalue weighted by Gasteiger charge is -2.18. The molecule has 0 atom stereocenters. The molecule has 4 rings (SSSR count). The molecule has 0 radical (unpaired) electrons. The predicted molar refractivity (Wildman–Crippen MR) is 93.7 cm³/mol. The first-order valence-electron chi connectivity index (χ1n) is 8.71. The van der Waals surface area contributed by atoms with E-state index in [0.29, 0.717) is 28.2 Å². The van der Waals surface area contributed by atoms with E-state index in [1.165, 1.54) is 12.8 Å². The second kappa shape index (κ2) is 6.36. The molecule has 2 aromatic carbocycles. The molecule has 4 nitrogen and oxygen atoms in total. The third kappa shape index (κ3) is 2.72. The Morgan fingerprint density at radius 2 is 1.52 bits per heavy atom. The summed E-state index contributed by atoms with van der Waals surface area (Å²) in [4.78, 5) is 25.5. The number of carbonyl (C=O) groups excluding carboxylic acids is 2. The zero-order valence-corrected chi connectivity index (χ0v) is 14.2. The second-order valence-corrected chi connectivity index (χ2v) is 6.64. The molecule has 0 heterocycles. The van der Waals surface area contributed by atoms with Crippen LogP contribution in [0.3, 0.4) is 0 Å². The quantitative estimate of drug-likeness (QED) is 0.786.